The summed E-state index contributed by atoms with van der Waals surface area (Å²) in [6, 6.07) is 1.66. The van der Waals surface area contributed by atoms with Gasteiger partial charge in [0.15, 0.2) is 0 Å². The van der Waals surface area contributed by atoms with Crippen LogP contribution in [-0.2, 0) is 12.1 Å². The van der Waals surface area contributed by atoms with Gasteiger partial charge in [-0.2, -0.15) is 11.3 Å². The Kier molecular flexibility index (Phi) is 3.84. The predicted octanol–water partition coefficient (Wildman–Crippen LogP) is 2.42. The number of amides is 2. The second kappa shape index (κ2) is 5.40. The summed E-state index contributed by atoms with van der Waals surface area (Å²) in [5.41, 5.74) is 0.924. The standard InChI is InChI=1S/C12H17N5OS/c1-12(2,3)17-8-14-10(16-17)15-11(18)13-6-9-4-5-19-7-9/h4-5,7-8H,6H2,1-3H3,(H2,13,15,16,18). The minimum atomic E-state index is -0.308. The molecule has 2 heterocycles. The number of anilines is 1. The van der Waals surface area contributed by atoms with E-state index in [0.29, 0.717) is 12.5 Å². The number of urea groups is 1. The van der Waals surface area contributed by atoms with E-state index in [1.807, 2.05) is 37.6 Å². The van der Waals surface area contributed by atoms with E-state index >= 15 is 0 Å². The highest BCUT2D eigenvalue weighted by molar-refractivity contribution is 7.07. The molecule has 0 bridgehead atoms. The number of nitrogens with one attached hydrogen (secondary N) is 2. The van der Waals surface area contributed by atoms with Crippen molar-refractivity contribution in [1.29, 1.82) is 0 Å². The minimum Gasteiger partial charge on any atom is -0.334 e. The third-order valence-corrected chi connectivity index (χ3v) is 3.17. The van der Waals surface area contributed by atoms with Gasteiger partial charge in [0.2, 0.25) is 5.95 Å². The molecule has 0 aromatic carbocycles. The van der Waals surface area contributed by atoms with Crippen LogP contribution in [0.25, 0.3) is 0 Å². The summed E-state index contributed by atoms with van der Waals surface area (Å²) < 4.78 is 1.71. The van der Waals surface area contributed by atoms with Gasteiger partial charge in [0.1, 0.15) is 6.33 Å². The number of thiophene rings is 1. The molecule has 7 heteroatoms. The first-order valence-electron chi connectivity index (χ1n) is 5.93. The van der Waals surface area contributed by atoms with Crippen LogP contribution in [0.15, 0.2) is 23.2 Å². The summed E-state index contributed by atoms with van der Waals surface area (Å²) in [6.07, 6.45) is 1.61. The lowest BCUT2D eigenvalue weighted by molar-refractivity contribution is 0.251. The Bertz CT molecular complexity index is 541. The zero-order valence-electron chi connectivity index (χ0n) is 11.2. The number of aromatic nitrogens is 3. The Labute approximate surface area is 115 Å². The average Bonchev–Trinajstić information content (AvgIpc) is 2.95. The van der Waals surface area contributed by atoms with Crippen LogP contribution in [0.4, 0.5) is 10.7 Å². The number of rotatable bonds is 3. The fourth-order valence-corrected chi connectivity index (χ4v) is 2.03. The van der Waals surface area contributed by atoms with Crippen molar-refractivity contribution >= 4 is 23.3 Å². The SMILES string of the molecule is CC(C)(C)n1cnc(NC(=O)NCc2ccsc2)n1. The van der Waals surface area contributed by atoms with E-state index < -0.39 is 0 Å². The monoisotopic (exact) mass is 279 g/mol. The summed E-state index contributed by atoms with van der Waals surface area (Å²) >= 11 is 1.60. The van der Waals surface area contributed by atoms with E-state index in [4.69, 9.17) is 0 Å². The van der Waals surface area contributed by atoms with E-state index in [2.05, 4.69) is 20.7 Å². The molecule has 2 N–H and O–H groups in total. The van der Waals surface area contributed by atoms with Crippen molar-refractivity contribution in [3.05, 3.63) is 28.7 Å². The molecule has 0 spiro atoms. The molecule has 0 aliphatic carbocycles. The molecular weight excluding hydrogens is 262 g/mol. The van der Waals surface area contributed by atoms with Gasteiger partial charge in [-0.15, -0.1) is 5.10 Å². The third kappa shape index (κ3) is 3.78. The molecule has 0 saturated carbocycles. The van der Waals surface area contributed by atoms with E-state index in [0.717, 1.165) is 5.56 Å². The second-order valence-corrected chi connectivity index (χ2v) is 5.90. The number of carbonyl (C=O) groups excluding carboxylic acids is 1. The second-order valence-electron chi connectivity index (χ2n) is 5.12. The molecule has 6 nitrogen and oxygen atoms in total. The number of nitrogens with zero attached hydrogens (tertiary/aromatic N) is 3. The van der Waals surface area contributed by atoms with Crippen LogP contribution in [0.3, 0.4) is 0 Å². The van der Waals surface area contributed by atoms with Gasteiger partial charge in [-0.25, -0.2) is 14.5 Å². The van der Waals surface area contributed by atoms with Crippen LogP contribution < -0.4 is 10.6 Å². The van der Waals surface area contributed by atoms with Gasteiger partial charge in [-0.05, 0) is 43.2 Å². The minimum absolute atomic E-state index is 0.153. The number of hydrogen-bond acceptors (Lipinski definition) is 4. The molecule has 0 fully saturated rings. The molecule has 19 heavy (non-hydrogen) atoms. The Hall–Kier alpha value is -1.89. The highest BCUT2D eigenvalue weighted by Gasteiger charge is 2.15. The molecule has 0 saturated heterocycles. The van der Waals surface area contributed by atoms with Crippen LogP contribution >= 0.6 is 11.3 Å². The molecule has 0 radical (unpaired) electrons. The largest absolute Gasteiger partial charge is 0.334 e. The molecular formula is C12H17N5OS. The summed E-state index contributed by atoms with van der Waals surface area (Å²) in [4.78, 5) is 15.7. The normalized spacial score (nSPS) is 11.3. The summed E-state index contributed by atoms with van der Waals surface area (Å²) in [6.45, 7) is 6.54. The highest BCUT2D eigenvalue weighted by atomic mass is 32.1. The first-order valence-corrected chi connectivity index (χ1v) is 6.87. The summed E-state index contributed by atoms with van der Waals surface area (Å²) in [7, 11) is 0. The van der Waals surface area contributed by atoms with Crippen LogP contribution in [0.2, 0.25) is 0 Å². The van der Waals surface area contributed by atoms with Crippen molar-refractivity contribution in [1.82, 2.24) is 20.1 Å². The summed E-state index contributed by atoms with van der Waals surface area (Å²) in [5.74, 6) is 0.303. The van der Waals surface area contributed by atoms with Crippen molar-refractivity contribution in [3.63, 3.8) is 0 Å². The number of hydrogen-bond donors (Lipinski definition) is 2. The van der Waals surface area contributed by atoms with Gasteiger partial charge in [-0.1, -0.05) is 0 Å². The van der Waals surface area contributed by atoms with Gasteiger partial charge in [0.05, 0.1) is 5.54 Å². The zero-order chi connectivity index (χ0) is 13.9. The van der Waals surface area contributed by atoms with Gasteiger partial charge in [-0.3, -0.25) is 5.32 Å². The summed E-state index contributed by atoms with van der Waals surface area (Å²) in [5, 5.41) is 13.5. The lowest BCUT2D eigenvalue weighted by Gasteiger charge is -2.17. The third-order valence-electron chi connectivity index (χ3n) is 2.44. The fourth-order valence-electron chi connectivity index (χ4n) is 1.36. The van der Waals surface area contributed by atoms with Crippen molar-refractivity contribution < 1.29 is 4.79 Å². The average molecular weight is 279 g/mol. The maximum Gasteiger partial charge on any atom is 0.321 e. The topological polar surface area (TPSA) is 71.8 Å². The fraction of sp³-hybridized carbons (Fsp3) is 0.417. The molecule has 2 rings (SSSR count). The van der Waals surface area contributed by atoms with Crippen LogP contribution in [0.5, 0.6) is 0 Å². The Morgan fingerprint density at radius 2 is 2.26 bits per heavy atom. The quantitative estimate of drug-likeness (QED) is 0.906. The Morgan fingerprint density at radius 1 is 1.47 bits per heavy atom. The first kappa shape index (κ1) is 13.5. The molecule has 0 aliphatic heterocycles. The van der Waals surface area contributed by atoms with Gasteiger partial charge >= 0.3 is 6.03 Å². The molecule has 0 atom stereocenters. The van der Waals surface area contributed by atoms with Crippen LogP contribution in [0.1, 0.15) is 26.3 Å². The molecule has 2 amide bonds. The Balaban J connectivity index is 1.87. The molecule has 2 aromatic rings. The van der Waals surface area contributed by atoms with Crippen molar-refractivity contribution in [2.24, 2.45) is 0 Å². The van der Waals surface area contributed by atoms with Gasteiger partial charge < -0.3 is 5.32 Å². The van der Waals surface area contributed by atoms with Gasteiger partial charge in [0.25, 0.3) is 0 Å². The van der Waals surface area contributed by atoms with E-state index in [-0.39, 0.29) is 11.6 Å². The number of carbonyl (C=O) groups is 1. The molecule has 102 valence electrons. The first-order chi connectivity index (χ1) is 8.95. The lowest BCUT2D eigenvalue weighted by Crippen LogP contribution is -2.29. The maximum absolute atomic E-state index is 11.7. The maximum atomic E-state index is 11.7. The lowest BCUT2D eigenvalue weighted by atomic mass is 10.1. The zero-order valence-corrected chi connectivity index (χ0v) is 12.0. The van der Waals surface area contributed by atoms with E-state index in [1.165, 1.54) is 0 Å². The van der Waals surface area contributed by atoms with Crippen LogP contribution in [-0.4, -0.2) is 20.8 Å². The van der Waals surface area contributed by atoms with Crippen molar-refractivity contribution in [3.8, 4) is 0 Å². The van der Waals surface area contributed by atoms with E-state index in [1.54, 1.807) is 22.3 Å². The predicted molar refractivity (Wildman–Crippen MR) is 75.2 cm³/mol. The highest BCUT2D eigenvalue weighted by Crippen LogP contribution is 2.12. The molecule has 2 aromatic heterocycles. The molecule has 0 unspecified atom stereocenters. The van der Waals surface area contributed by atoms with Crippen molar-refractivity contribution in [2.75, 3.05) is 5.32 Å². The smallest absolute Gasteiger partial charge is 0.321 e. The Morgan fingerprint density at radius 3 is 2.84 bits per heavy atom. The molecule has 0 aliphatic rings. The van der Waals surface area contributed by atoms with E-state index in [9.17, 15) is 4.79 Å². The van der Waals surface area contributed by atoms with Crippen LogP contribution in [0, 0.1) is 0 Å². The van der Waals surface area contributed by atoms with Crippen molar-refractivity contribution in [2.45, 2.75) is 32.9 Å². The van der Waals surface area contributed by atoms with Gasteiger partial charge in [0, 0.05) is 6.54 Å².